The summed E-state index contributed by atoms with van der Waals surface area (Å²) < 4.78 is 1.55. The van der Waals surface area contributed by atoms with Gasteiger partial charge in [0, 0.05) is 6.42 Å². The molecule has 0 saturated heterocycles. The highest BCUT2D eigenvalue weighted by Gasteiger charge is 2.06. The zero-order valence-electron chi connectivity index (χ0n) is 7.33. The standard InChI is InChI=1S/C8H8N4OS/c13-7(8-2-1-5-14-8)3-4-12-6-9-10-11-12/h1-2,5-6H,3-4H2. The highest BCUT2D eigenvalue weighted by molar-refractivity contribution is 7.12. The lowest BCUT2D eigenvalue weighted by molar-refractivity contribution is 0.0979. The van der Waals surface area contributed by atoms with E-state index in [1.165, 1.54) is 17.7 Å². The van der Waals surface area contributed by atoms with Gasteiger partial charge in [-0.15, -0.1) is 16.4 Å². The molecule has 0 aliphatic heterocycles. The van der Waals surface area contributed by atoms with Crippen molar-refractivity contribution in [2.24, 2.45) is 0 Å². The number of nitrogens with zero attached hydrogens (tertiary/aromatic N) is 4. The van der Waals surface area contributed by atoms with Gasteiger partial charge in [-0.1, -0.05) is 6.07 Å². The summed E-state index contributed by atoms with van der Waals surface area (Å²) in [6, 6.07) is 3.70. The Kier molecular flexibility index (Phi) is 2.64. The van der Waals surface area contributed by atoms with Crippen molar-refractivity contribution in [3.63, 3.8) is 0 Å². The fraction of sp³-hybridized carbons (Fsp3) is 0.250. The molecule has 0 saturated carbocycles. The summed E-state index contributed by atoms with van der Waals surface area (Å²) in [5.74, 6) is 0.135. The van der Waals surface area contributed by atoms with E-state index in [0.29, 0.717) is 13.0 Å². The maximum Gasteiger partial charge on any atom is 0.174 e. The minimum atomic E-state index is 0.135. The average Bonchev–Trinajstić information content (AvgIpc) is 2.87. The maximum absolute atomic E-state index is 11.5. The fourth-order valence-corrected chi connectivity index (χ4v) is 1.75. The van der Waals surface area contributed by atoms with Crippen LogP contribution in [0.3, 0.4) is 0 Å². The third-order valence-electron chi connectivity index (χ3n) is 1.76. The minimum Gasteiger partial charge on any atom is -0.293 e. The maximum atomic E-state index is 11.5. The summed E-state index contributed by atoms with van der Waals surface area (Å²) in [7, 11) is 0. The predicted octanol–water partition coefficient (Wildman–Crippen LogP) is 1.01. The lowest BCUT2D eigenvalue weighted by Crippen LogP contribution is -2.05. The van der Waals surface area contributed by atoms with Crippen molar-refractivity contribution in [1.82, 2.24) is 20.2 Å². The number of carbonyl (C=O) groups excluding carboxylic acids is 1. The van der Waals surface area contributed by atoms with Crippen LogP contribution < -0.4 is 0 Å². The summed E-state index contributed by atoms with van der Waals surface area (Å²) in [6.07, 6.45) is 1.94. The van der Waals surface area contributed by atoms with Crippen molar-refractivity contribution in [3.05, 3.63) is 28.7 Å². The Morgan fingerprint density at radius 1 is 1.57 bits per heavy atom. The van der Waals surface area contributed by atoms with E-state index in [-0.39, 0.29) is 5.78 Å². The number of thiophene rings is 1. The molecule has 0 unspecified atom stereocenters. The number of Topliss-reactive ketones (excluding diaryl/α,β-unsaturated/α-hetero) is 1. The highest BCUT2D eigenvalue weighted by Crippen LogP contribution is 2.11. The van der Waals surface area contributed by atoms with Gasteiger partial charge in [-0.05, 0) is 21.9 Å². The van der Waals surface area contributed by atoms with Gasteiger partial charge in [-0.3, -0.25) is 4.79 Å². The van der Waals surface area contributed by atoms with Crippen LogP contribution >= 0.6 is 11.3 Å². The van der Waals surface area contributed by atoms with Crippen molar-refractivity contribution in [1.29, 1.82) is 0 Å². The third kappa shape index (κ3) is 2.02. The topological polar surface area (TPSA) is 60.7 Å². The third-order valence-corrected chi connectivity index (χ3v) is 2.67. The molecule has 0 spiro atoms. The Balaban J connectivity index is 1.90. The van der Waals surface area contributed by atoms with Gasteiger partial charge in [0.15, 0.2) is 5.78 Å². The molecule has 0 amide bonds. The van der Waals surface area contributed by atoms with Crippen molar-refractivity contribution >= 4 is 17.1 Å². The van der Waals surface area contributed by atoms with Crippen LogP contribution in [0.5, 0.6) is 0 Å². The van der Waals surface area contributed by atoms with Gasteiger partial charge in [0.2, 0.25) is 0 Å². The Hall–Kier alpha value is -1.56. The van der Waals surface area contributed by atoms with E-state index in [9.17, 15) is 4.79 Å². The number of hydrogen-bond donors (Lipinski definition) is 0. The Bertz CT molecular complexity index is 395. The zero-order valence-corrected chi connectivity index (χ0v) is 8.15. The Labute approximate surface area is 84.4 Å². The first-order chi connectivity index (χ1) is 6.86. The van der Waals surface area contributed by atoms with Gasteiger partial charge in [0.05, 0.1) is 11.4 Å². The molecule has 14 heavy (non-hydrogen) atoms. The van der Waals surface area contributed by atoms with Gasteiger partial charge in [-0.25, -0.2) is 4.68 Å². The van der Waals surface area contributed by atoms with Crippen LogP contribution in [-0.2, 0) is 6.54 Å². The lowest BCUT2D eigenvalue weighted by atomic mass is 10.2. The molecule has 0 radical (unpaired) electrons. The van der Waals surface area contributed by atoms with Gasteiger partial charge in [0.25, 0.3) is 0 Å². The van der Waals surface area contributed by atoms with Crippen LogP contribution in [0.4, 0.5) is 0 Å². The molecule has 0 bridgehead atoms. The number of aromatic nitrogens is 4. The Morgan fingerprint density at radius 3 is 3.14 bits per heavy atom. The van der Waals surface area contributed by atoms with Crippen LogP contribution in [0.2, 0.25) is 0 Å². The molecule has 0 atom stereocenters. The van der Waals surface area contributed by atoms with E-state index in [2.05, 4.69) is 15.5 Å². The van der Waals surface area contributed by atoms with Crippen molar-refractivity contribution in [2.75, 3.05) is 0 Å². The van der Waals surface area contributed by atoms with E-state index in [4.69, 9.17) is 0 Å². The van der Waals surface area contributed by atoms with Gasteiger partial charge in [-0.2, -0.15) is 0 Å². The van der Waals surface area contributed by atoms with E-state index < -0.39 is 0 Å². The molecular weight excluding hydrogens is 200 g/mol. The predicted molar refractivity (Wildman–Crippen MR) is 51.1 cm³/mol. The molecule has 2 aromatic heterocycles. The summed E-state index contributed by atoms with van der Waals surface area (Å²) in [5.41, 5.74) is 0. The molecule has 5 nitrogen and oxygen atoms in total. The summed E-state index contributed by atoms with van der Waals surface area (Å²) in [4.78, 5) is 12.3. The molecule has 0 aromatic carbocycles. The molecule has 2 aromatic rings. The smallest absolute Gasteiger partial charge is 0.174 e. The summed E-state index contributed by atoms with van der Waals surface area (Å²) in [6.45, 7) is 0.531. The molecule has 0 aliphatic carbocycles. The second-order valence-corrected chi connectivity index (χ2v) is 3.67. The average molecular weight is 208 g/mol. The van der Waals surface area contributed by atoms with Crippen LogP contribution in [0.1, 0.15) is 16.1 Å². The number of rotatable bonds is 4. The van der Waals surface area contributed by atoms with Crippen LogP contribution in [0.25, 0.3) is 0 Å². The van der Waals surface area contributed by atoms with Gasteiger partial charge < -0.3 is 0 Å². The normalized spacial score (nSPS) is 10.3. The van der Waals surface area contributed by atoms with Crippen molar-refractivity contribution < 1.29 is 4.79 Å². The molecule has 0 N–H and O–H groups in total. The SMILES string of the molecule is O=C(CCn1cnnn1)c1cccs1. The van der Waals surface area contributed by atoms with E-state index in [1.54, 1.807) is 4.68 Å². The molecule has 2 heterocycles. The van der Waals surface area contributed by atoms with Crippen LogP contribution in [0, 0.1) is 0 Å². The van der Waals surface area contributed by atoms with E-state index in [1.807, 2.05) is 17.5 Å². The number of hydrogen-bond acceptors (Lipinski definition) is 5. The first-order valence-electron chi connectivity index (χ1n) is 4.14. The first-order valence-corrected chi connectivity index (χ1v) is 5.02. The number of aryl methyl sites for hydroxylation is 1. The lowest BCUT2D eigenvalue weighted by Gasteiger charge is -1.96. The minimum absolute atomic E-state index is 0.135. The molecule has 0 aliphatic rings. The van der Waals surface area contributed by atoms with E-state index >= 15 is 0 Å². The Morgan fingerprint density at radius 2 is 2.50 bits per heavy atom. The second kappa shape index (κ2) is 4.10. The second-order valence-electron chi connectivity index (χ2n) is 2.72. The number of tetrazole rings is 1. The quantitative estimate of drug-likeness (QED) is 0.703. The molecule has 6 heteroatoms. The van der Waals surface area contributed by atoms with Crippen molar-refractivity contribution in [3.8, 4) is 0 Å². The van der Waals surface area contributed by atoms with Crippen LogP contribution in [0.15, 0.2) is 23.8 Å². The van der Waals surface area contributed by atoms with Gasteiger partial charge >= 0.3 is 0 Å². The molecule has 0 fully saturated rings. The molecular formula is C8H8N4OS. The highest BCUT2D eigenvalue weighted by atomic mass is 32.1. The van der Waals surface area contributed by atoms with Gasteiger partial charge in [0.1, 0.15) is 6.33 Å². The largest absolute Gasteiger partial charge is 0.293 e. The summed E-state index contributed by atoms with van der Waals surface area (Å²) in [5, 5.41) is 12.5. The van der Waals surface area contributed by atoms with Crippen LogP contribution in [-0.4, -0.2) is 26.0 Å². The summed E-state index contributed by atoms with van der Waals surface area (Å²) >= 11 is 1.46. The monoisotopic (exact) mass is 208 g/mol. The first kappa shape index (κ1) is 9.01. The zero-order chi connectivity index (χ0) is 9.80. The fourth-order valence-electron chi connectivity index (χ4n) is 1.06. The van der Waals surface area contributed by atoms with Crippen molar-refractivity contribution in [2.45, 2.75) is 13.0 Å². The molecule has 2 rings (SSSR count). The van der Waals surface area contributed by atoms with E-state index in [0.717, 1.165) is 4.88 Å². The molecule has 72 valence electrons. The number of ketones is 1. The number of carbonyl (C=O) groups is 1.